The maximum absolute atomic E-state index is 2.60. The zero-order valence-corrected chi connectivity index (χ0v) is 21.1. The van der Waals surface area contributed by atoms with Crippen molar-refractivity contribution in [2.75, 3.05) is 0 Å². The van der Waals surface area contributed by atoms with E-state index < -0.39 is 20.3 Å². The van der Waals surface area contributed by atoms with Crippen LogP contribution in [0.4, 0.5) is 0 Å². The molecule has 152 valence electrons. The number of benzene rings is 2. The van der Waals surface area contributed by atoms with Crippen LogP contribution in [0.2, 0.25) is 11.9 Å². The maximum atomic E-state index is 2.60. The molecule has 3 aliphatic rings. The number of hydrogen-bond donors (Lipinski definition) is 0. The second kappa shape index (κ2) is 9.68. The van der Waals surface area contributed by atoms with Crippen LogP contribution < -0.4 is 24.8 Å². The van der Waals surface area contributed by atoms with Crippen LogP contribution in [0.5, 0.6) is 0 Å². The van der Waals surface area contributed by atoms with Gasteiger partial charge in [-0.2, -0.15) is 0 Å². The van der Waals surface area contributed by atoms with Crippen molar-refractivity contribution in [1.29, 1.82) is 0 Å². The summed E-state index contributed by atoms with van der Waals surface area (Å²) in [7, 11) is 0. The number of halogens is 2. The maximum Gasteiger partial charge on any atom is -1.00 e. The van der Waals surface area contributed by atoms with E-state index in [0.717, 1.165) is 7.25 Å². The minimum absolute atomic E-state index is 0. The molecule has 1 fully saturated rings. The molecule has 0 spiro atoms. The topological polar surface area (TPSA) is 0 Å². The van der Waals surface area contributed by atoms with Crippen molar-refractivity contribution in [3.63, 3.8) is 0 Å². The van der Waals surface area contributed by atoms with Gasteiger partial charge in [0.15, 0.2) is 0 Å². The molecule has 3 atom stereocenters. The molecule has 0 nitrogen and oxygen atoms in total. The third kappa shape index (κ3) is 4.26. The summed E-state index contributed by atoms with van der Waals surface area (Å²) in [5.41, 5.74) is 6.19. The summed E-state index contributed by atoms with van der Waals surface area (Å²) in [6, 6.07) is 18.2. The molecule has 1 heterocycles. The summed E-state index contributed by atoms with van der Waals surface area (Å²) in [6.45, 7) is 2.47. The Balaban J connectivity index is 0.00000120. The monoisotopic (exact) mass is 502 g/mol. The van der Waals surface area contributed by atoms with Crippen LogP contribution in [0.3, 0.4) is 0 Å². The first-order valence-electron chi connectivity index (χ1n) is 10.9. The van der Waals surface area contributed by atoms with Crippen molar-refractivity contribution in [3.05, 3.63) is 82.9 Å². The van der Waals surface area contributed by atoms with Gasteiger partial charge in [0.1, 0.15) is 0 Å². The smallest absolute Gasteiger partial charge is 1.00 e. The van der Waals surface area contributed by atoms with E-state index >= 15 is 0 Å². The van der Waals surface area contributed by atoms with E-state index in [4.69, 9.17) is 0 Å². The number of allylic oxidation sites excluding steroid dienone is 2. The molecule has 3 unspecified atom stereocenters. The zero-order chi connectivity index (χ0) is 18.3. The third-order valence-corrected chi connectivity index (χ3v) is 21.6. The molecule has 3 heteroatoms. The number of rotatable bonds is 7. The van der Waals surface area contributed by atoms with Gasteiger partial charge in [-0.05, 0) is 0 Å². The Morgan fingerprint density at radius 1 is 0.862 bits per heavy atom. The third-order valence-electron chi connectivity index (χ3n) is 7.52. The van der Waals surface area contributed by atoms with Gasteiger partial charge in [0.05, 0.1) is 0 Å². The van der Waals surface area contributed by atoms with E-state index in [1.165, 1.54) is 36.8 Å². The SMILES string of the molecule is CC[CH](CCCC1C=Cc2ccccc21)[Zr+2]1([CH]2C=Cc3ccccc32)[CH2][CH2]1.[Cl-].[Cl-]. The van der Waals surface area contributed by atoms with Crippen LogP contribution in [0.15, 0.2) is 60.7 Å². The van der Waals surface area contributed by atoms with Crippen LogP contribution in [-0.2, 0) is 20.3 Å². The molecular weight excluding hydrogens is 474 g/mol. The Labute approximate surface area is 193 Å². The van der Waals surface area contributed by atoms with Gasteiger partial charge in [-0.25, -0.2) is 0 Å². The fourth-order valence-corrected chi connectivity index (χ4v) is 22.9. The molecule has 29 heavy (non-hydrogen) atoms. The Hall–Kier alpha value is -0.617. The average Bonchev–Trinajstić information content (AvgIpc) is 3.22. The summed E-state index contributed by atoms with van der Waals surface area (Å²) in [6.07, 6.45) is 15.4. The van der Waals surface area contributed by atoms with Crippen molar-refractivity contribution in [1.82, 2.24) is 0 Å². The van der Waals surface area contributed by atoms with Gasteiger partial charge in [-0.3, -0.25) is 0 Å². The van der Waals surface area contributed by atoms with E-state index in [0.29, 0.717) is 5.92 Å². The molecule has 0 amide bonds. The molecule has 2 aromatic rings. The van der Waals surface area contributed by atoms with Crippen LogP contribution in [0.1, 0.15) is 64.4 Å². The molecule has 5 rings (SSSR count). The number of hydrogen-bond acceptors (Lipinski definition) is 0. The van der Waals surface area contributed by atoms with Crippen LogP contribution in [0.25, 0.3) is 12.2 Å². The average molecular weight is 505 g/mol. The van der Waals surface area contributed by atoms with E-state index in [9.17, 15) is 0 Å². The summed E-state index contributed by atoms with van der Waals surface area (Å²) >= 11 is -2.02. The minimum atomic E-state index is -2.02. The summed E-state index contributed by atoms with van der Waals surface area (Å²) < 4.78 is 5.19. The van der Waals surface area contributed by atoms with E-state index in [1.54, 1.807) is 19.4 Å². The van der Waals surface area contributed by atoms with E-state index in [1.807, 2.05) is 0 Å². The van der Waals surface area contributed by atoms with E-state index in [-0.39, 0.29) is 24.8 Å². The first-order chi connectivity index (χ1) is 13.3. The van der Waals surface area contributed by atoms with Gasteiger partial charge in [0.2, 0.25) is 0 Å². The molecule has 0 radical (unpaired) electrons. The molecule has 0 aromatic heterocycles. The molecule has 2 aromatic carbocycles. The quantitative estimate of drug-likeness (QED) is 0.541. The van der Waals surface area contributed by atoms with Gasteiger partial charge in [-0.1, -0.05) is 0 Å². The molecule has 2 aliphatic carbocycles. The summed E-state index contributed by atoms with van der Waals surface area (Å²) in [4.78, 5) is 0. The fourth-order valence-electron chi connectivity index (χ4n) is 5.93. The van der Waals surface area contributed by atoms with Crippen LogP contribution >= 0.6 is 0 Å². The molecule has 1 saturated heterocycles. The Morgan fingerprint density at radius 3 is 2.17 bits per heavy atom. The predicted molar refractivity (Wildman–Crippen MR) is 114 cm³/mol. The molecule has 1 aliphatic heterocycles. The molecule has 0 saturated carbocycles. The normalized spacial score (nSPS) is 21.8. The van der Waals surface area contributed by atoms with Gasteiger partial charge in [-0.15, -0.1) is 0 Å². The standard InChI is InChI=1S/C15H19.C9H7.C2H4.2ClH.Zr/c1-2-3-4-5-8-13-11-12-14-9-6-7-10-15(13)14;1-2-5-9-7-3-6-8(9)4-1;1-2;;;/h3,6-7,9-13H,2,4-5,8H2,1H3;1-7H;1-2H2;2*1H;/q;;;;;+2/p-2. The van der Waals surface area contributed by atoms with Crippen LogP contribution in [-0.4, -0.2) is 0 Å². The van der Waals surface area contributed by atoms with Crippen molar-refractivity contribution in [3.8, 4) is 0 Å². The van der Waals surface area contributed by atoms with Crippen molar-refractivity contribution >= 4 is 12.2 Å². The second-order valence-electron chi connectivity index (χ2n) is 8.83. The first-order valence-corrected chi connectivity index (χ1v) is 17.2. The largest absolute Gasteiger partial charge is 1.00 e. The first kappa shape index (κ1) is 23.1. The molecule has 0 bridgehead atoms. The van der Waals surface area contributed by atoms with Gasteiger partial charge in [0, 0.05) is 0 Å². The van der Waals surface area contributed by atoms with Crippen LogP contribution in [0, 0.1) is 0 Å². The number of fused-ring (bicyclic) bond motifs is 2. The van der Waals surface area contributed by atoms with Gasteiger partial charge in [0.25, 0.3) is 0 Å². The van der Waals surface area contributed by atoms with Gasteiger partial charge < -0.3 is 24.8 Å². The van der Waals surface area contributed by atoms with Crippen molar-refractivity contribution in [2.24, 2.45) is 0 Å². The molecular formula is C26H30Cl2Zr. The Kier molecular flexibility index (Phi) is 7.69. The summed E-state index contributed by atoms with van der Waals surface area (Å²) in [5, 5.41) is 0. The van der Waals surface area contributed by atoms with E-state index in [2.05, 4.69) is 79.8 Å². The van der Waals surface area contributed by atoms with Gasteiger partial charge >= 0.3 is 169 Å². The fraction of sp³-hybridized carbons (Fsp3) is 0.385. The minimum Gasteiger partial charge on any atom is -1.00 e. The van der Waals surface area contributed by atoms with Crippen molar-refractivity contribution < 1.29 is 45.1 Å². The second-order valence-corrected chi connectivity index (χ2v) is 20.9. The predicted octanol–water partition coefficient (Wildman–Crippen LogP) is 1.95. The zero-order valence-electron chi connectivity index (χ0n) is 17.2. The summed E-state index contributed by atoms with van der Waals surface area (Å²) in [5.74, 6) is 0.663. The molecule has 0 N–H and O–H groups in total. The van der Waals surface area contributed by atoms with Crippen molar-refractivity contribution in [2.45, 2.75) is 54.0 Å². The Morgan fingerprint density at radius 2 is 1.48 bits per heavy atom. The Bertz CT molecular complexity index is 897.